The lowest BCUT2D eigenvalue weighted by molar-refractivity contribution is 0.0584. The normalized spacial score (nSPS) is 20.8. The summed E-state index contributed by atoms with van der Waals surface area (Å²) in [7, 11) is 1.85. The summed E-state index contributed by atoms with van der Waals surface area (Å²) in [5, 5.41) is 5.19. The van der Waals surface area contributed by atoms with Crippen LogP contribution in [0.5, 0.6) is 5.75 Å². The van der Waals surface area contributed by atoms with Crippen LogP contribution < -0.4 is 4.74 Å². The van der Waals surface area contributed by atoms with Crippen LogP contribution >= 0.6 is 11.6 Å². The van der Waals surface area contributed by atoms with E-state index >= 15 is 0 Å². The number of aromatic nitrogens is 2. The van der Waals surface area contributed by atoms with Crippen molar-refractivity contribution in [2.24, 2.45) is 7.05 Å². The summed E-state index contributed by atoms with van der Waals surface area (Å²) in [5.41, 5.74) is 1.45. The first-order chi connectivity index (χ1) is 13.1. The highest BCUT2D eigenvalue weighted by molar-refractivity contribution is 6.30. The van der Waals surface area contributed by atoms with E-state index in [0.717, 1.165) is 43.7 Å². The zero-order chi connectivity index (χ0) is 18.8. The van der Waals surface area contributed by atoms with Crippen molar-refractivity contribution in [1.82, 2.24) is 14.7 Å². The van der Waals surface area contributed by atoms with E-state index < -0.39 is 0 Å². The highest BCUT2D eigenvalue weighted by Crippen LogP contribution is 2.31. The number of carbonyl (C=O) groups is 1. The molecule has 4 rings (SSSR count). The predicted molar refractivity (Wildman–Crippen MR) is 102 cm³/mol. The molecule has 6 nitrogen and oxygen atoms in total. The number of hydrogen-bond donors (Lipinski definition) is 0. The molecule has 0 saturated carbocycles. The number of hydrogen-bond acceptors (Lipinski definition) is 4. The highest BCUT2D eigenvalue weighted by atomic mass is 35.5. The first kappa shape index (κ1) is 18.3. The number of rotatable bonds is 4. The van der Waals surface area contributed by atoms with Gasteiger partial charge >= 0.3 is 0 Å². The second-order valence-corrected chi connectivity index (χ2v) is 7.60. The van der Waals surface area contributed by atoms with Crippen molar-refractivity contribution >= 4 is 17.5 Å². The molecule has 2 aromatic rings. The summed E-state index contributed by atoms with van der Waals surface area (Å²) in [6.07, 6.45) is 5.43. The quantitative estimate of drug-likeness (QED) is 0.801. The number of piperidine rings is 1. The number of carbonyl (C=O) groups excluding carboxylic acids is 1. The van der Waals surface area contributed by atoms with Gasteiger partial charge in [-0.3, -0.25) is 9.48 Å². The minimum Gasteiger partial charge on any atom is -0.490 e. The van der Waals surface area contributed by atoms with E-state index in [4.69, 9.17) is 21.1 Å². The molecule has 1 aromatic carbocycles. The number of benzene rings is 1. The zero-order valence-corrected chi connectivity index (χ0v) is 16.2. The lowest BCUT2D eigenvalue weighted by Crippen LogP contribution is -2.42. The van der Waals surface area contributed by atoms with Crippen LogP contribution in [0.4, 0.5) is 0 Å². The van der Waals surface area contributed by atoms with Gasteiger partial charge in [0.15, 0.2) is 0 Å². The largest absolute Gasteiger partial charge is 0.490 e. The van der Waals surface area contributed by atoms with Gasteiger partial charge in [0.05, 0.1) is 5.56 Å². The average molecular weight is 390 g/mol. The predicted octanol–water partition coefficient (Wildman–Crippen LogP) is 3.61. The molecule has 2 saturated heterocycles. The average Bonchev–Trinajstić information content (AvgIpc) is 3.33. The molecule has 0 aliphatic carbocycles. The fourth-order valence-corrected chi connectivity index (χ4v) is 3.88. The van der Waals surface area contributed by atoms with Gasteiger partial charge in [0, 0.05) is 50.8 Å². The van der Waals surface area contributed by atoms with E-state index in [1.54, 1.807) is 4.68 Å². The molecule has 1 unspecified atom stereocenters. The van der Waals surface area contributed by atoms with Crippen LogP contribution in [-0.2, 0) is 11.8 Å². The standard InChI is InChI=1S/C20H24ClN3O3/c1-23-13-17(19(22-23)18-3-2-12-26-18)20(25)24-10-8-16(9-11-24)27-15-6-4-14(21)5-7-15/h4-7,13,16,18H,2-3,8-12H2,1H3. The molecular formula is C20H24ClN3O3. The van der Waals surface area contributed by atoms with Gasteiger partial charge in [-0.05, 0) is 37.1 Å². The summed E-state index contributed by atoms with van der Waals surface area (Å²) in [6.45, 7) is 2.09. The first-order valence-corrected chi connectivity index (χ1v) is 9.84. The monoisotopic (exact) mass is 389 g/mol. The van der Waals surface area contributed by atoms with Gasteiger partial charge in [0.25, 0.3) is 5.91 Å². The molecule has 0 bridgehead atoms. The SMILES string of the molecule is Cn1cc(C(=O)N2CCC(Oc3ccc(Cl)cc3)CC2)c(C2CCCO2)n1. The second-order valence-electron chi connectivity index (χ2n) is 7.17. The summed E-state index contributed by atoms with van der Waals surface area (Å²) < 4.78 is 13.5. The molecule has 2 fully saturated rings. The Balaban J connectivity index is 1.38. The maximum Gasteiger partial charge on any atom is 0.257 e. The lowest BCUT2D eigenvalue weighted by Gasteiger charge is -2.32. The van der Waals surface area contributed by atoms with E-state index in [-0.39, 0.29) is 18.1 Å². The Morgan fingerprint density at radius 3 is 2.63 bits per heavy atom. The number of ether oxygens (including phenoxy) is 2. The Hall–Kier alpha value is -2.05. The molecule has 27 heavy (non-hydrogen) atoms. The van der Waals surface area contributed by atoms with Crippen molar-refractivity contribution < 1.29 is 14.3 Å². The van der Waals surface area contributed by atoms with Crippen LogP contribution in [0.3, 0.4) is 0 Å². The van der Waals surface area contributed by atoms with Gasteiger partial charge in [-0.25, -0.2) is 0 Å². The van der Waals surface area contributed by atoms with Gasteiger partial charge in [0.2, 0.25) is 0 Å². The molecule has 1 amide bonds. The maximum atomic E-state index is 13.1. The third-order valence-electron chi connectivity index (χ3n) is 5.17. The Morgan fingerprint density at radius 2 is 1.96 bits per heavy atom. The fraction of sp³-hybridized carbons (Fsp3) is 0.500. The van der Waals surface area contributed by atoms with Crippen LogP contribution in [0, 0.1) is 0 Å². The van der Waals surface area contributed by atoms with Crippen LogP contribution in [0.15, 0.2) is 30.5 Å². The smallest absolute Gasteiger partial charge is 0.257 e. The van der Waals surface area contributed by atoms with E-state index in [2.05, 4.69) is 5.10 Å². The summed E-state index contributed by atoms with van der Waals surface area (Å²) in [4.78, 5) is 15.0. The maximum absolute atomic E-state index is 13.1. The van der Waals surface area contributed by atoms with E-state index in [0.29, 0.717) is 23.7 Å². The summed E-state index contributed by atoms with van der Waals surface area (Å²) >= 11 is 5.91. The fourth-order valence-electron chi connectivity index (χ4n) is 3.75. The molecular weight excluding hydrogens is 366 g/mol. The molecule has 1 atom stereocenters. The molecule has 0 spiro atoms. The minimum atomic E-state index is -0.0593. The number of aryl methyl sites for hydroxylation is 1. The Morgan fingerprint density at radius 1 is 1.22 bits per heavy atom. The molecule has 144 valence electrons. The van der Waals surface area contributed by atoms with Crippen molar-refractivity contribution in [2.75, 3.05) is 19.7 Å². The lowest BCUT2D eigenvalue weighted by atomic mass is 10.0. The van der Waals surface area contributed by atoms with Crippen molar-refractivity contribution in [3.05, 3.63) is 46.7 Å². The van der Waals surface area contributed by atoms with Crippen molar-refractivity contribution in [1.29, 1.82) is 0 Å². The third-order valence-corrected chi connectivity index (χ3v) is 5.42. The van der Waals surface area contributed by atoms with E-state index in [1.807, 2.05) is 42.4 Å². The third kappa shape index (κ3) is 4.12. The Labute approximate surface area is 164 Å². The molecule has 0 N–H and O–H groups in total. The first-order valence-electron chi connectivity index (χ1n) is 9.47. The molecule has 1 aromatic heterocycles. The van der Waals surface area contributed by atoms with Gasteiger partial charge in [-0.2, -0.15) is 5.10 Å². The number of halogens is 1. The number of amides is 1. The van der Waals surface area contributed by atoms with Crippen LogP contribution in [0.1, 0.15) is 47.8 Å². The van der Waals surface area contributed by atoms with Gasteiger partial charge < -0.3 is 14.4 Å². The van der Waals surface area contributed by atoms with Crippen molar-refractivity contribution in [3.8, 4) is 5.75 Å². The highest BCUT2D eigenvalue weighted by Gasteiger charge is 2.31. The van der Waals surface area contributed by atoms with Gasteiger partial charge in [-0.15, -0.1) is 0 Å². The van der Waals surface area contributed by atoms with E-state index in [9.17, 15) is 4.79 Å². The van der Waals surface area contributed by atoms with Crippen LogP contribution in [0.25, 0.3) is 0 Å². The Kier molecular flexibility index (Phi) is 5.36. The molecule has 0 radical (unpaired) electrons. The minimum absolute atomic E-state index is 0.0403. The molecule has 7 heteroatoms. The summed E-state index contributed by atoms with van der Waals surface area (Å²) in [6, 6.07) is 7.40. The molecule has 2 aliphatic heterocycles. The van der Waals surface area contributed by atoms with E-state index in [1.165, 1.54) is 0 Å². The van der Waals surface area contributed by atoms with Gasteiger partial charge in [-0.1, -0.05) is 11.6 Å². The Bertz CT molecular complexity index is 791. The summed E-state index contributed by atoms with van der Waals surface area (Å²) in [5.74, 6) is 0.857. The van der Waals surface area contributed by atoms with Crippen LogP contribution in [0.2, 0.25) is 5.02 Å². The van der Waals surface area contributed by atoms with Crippen molar-refractivity contribution in [3.63, 3.8) is 0 Å². The molecule has 3 heterocycles. The van der Waals surface area contributed by atoms with Crippen LogP contribution in [-0.4, -0.2) is 46.4 Å². The molecule has 2 aliphatic rings. The zero-order valence-electron chi connectivity index (χ0n) is 15.4. The second kappa shape index (κ2) is 7.90. The van der Waals surface area contributed by atoms with Gasteiger partial charge in [0.1, 0.15) is 23.7 Å². The number of likely N-dealkylation sites (tertiary alicyclic amines) is 1. The number of nitrogens with zero attached hydrogens (tertiary/aromatic N) is 3. The topological polar surface area (TPSA) is 56.6 Å². The van der Waals surface area contributed by atoms with Crippen molar-refractivity contribution in [2.45, 2.75) is 37.9 Å².